The number of benzene rings is 2. The fourth-order valence-corrected chi connectivity index (χ4v) is 1.60. The zero-order chi connectivity index (χ0) is 13.0. The van der Waals surface area contributed by atoms with Crippen LogP contribution in [0.2, 0.25) is 0 Å². The molecule has 1 N–H and O–H groups in total. The van der Waals surface area contributed by atoms with Crippen LogP contribution in [0.25, 0.3) is 0 Å². The molecular formula is C13H11FN2O2. The van der Waals surface area contributed by atoms with Gasteiger partial charge in [-0.25, -0.2) is 4.39 Å². The van der Waals surface area contributed by atoms with E-state index >= 15 is 0 Å². The van der Waals surface area contributed by atoms with Crippen molar-refractivity contribution >= 4 is 11.4 Å². The number of halogens is 1. The molecule has 0 aliphatic rings. The Morgan fingerprint density at radius 1 is 1.17 bits per heavy atom. The fourth-order valence-electron chi connectivity index (χ4n) is 1.60. The van der Waals surface area contributed by atoms with Crippen molar-refractivity contribution in [2.75, 3.05) is 5.32 Å². The van der Waals surface area contributed by atoms with Crippen molar-refractivity contribution < 1.29 is 9.31 Å². The van der Waals surface area contributed by atoms with Crippen molar-refractivity contribution in [2.45, 2.75) is 6.54 Å². The van der Waals surface area contributed by atoms with E-state index < -0.39 is 10.7 Å². The summed E-state index contributed by atoms with van der Waals surface area (Å²) in [5.41, 5.74) is 1.18. The van der Waals surface area contributed by atoms with Crippen LogP contribution < -0.4 is 5.32 Å². The molecule has 18 heavy (non-hydrogen) atoms. The van der Waals surface area contributed by atoms with Crippen molar-refractivity contribution in [2.24, 2.45) is 0 Å². The molecule has 0 amide bonds. The average molecular weight is 246 g/mol. The highest BCUT2D eigenvalue weighted by molar-refractivity contribution is 5.44. The van der Waals surface area contributed by atoms with Crippen molar-refractivity contribution in [3.63, 3.8) is 0 Å². The number of non-ortho nitro benzene ring substituents is 1. The van der Waals surface area contributed by atoms with Gasteiger partial charge in [-0.05, 0) is 23.8 Å². The predicted octanol–water partition coefficient (Wildman–Crippen LogP) is 3.35. The average Bonchev–Trinajstić information content (AvgIpc) is 2.37. The van der Waals surface area contributed by atoms with Gasteiger partial charge in [0.15, 0.2) is 0 Å². The van der Waals surface area contributed by atoms with Crippen molar-refractivity contribution in [3.05, 3.63) is 70.0 Å². The number of anilines is 1. The molecule has 0 saturated heterocycles. The summed E-state index contributed by atoms with van der Waals surface area (Å²) in [6.45, 7) is 0.336. The molecule has 0 aromatic heterocycles. The van der Waals surface area contributed by atoms with Gasteiger partial charge in [0, 0.05) is 18.3 Å². The first-order valence-corrected chi connectivity index (χ1v) is 5.38. The molecule has 5 heteroatoms. The Bertz CT molecular complexity index is 558. The van der Waals surface area contributed by atoms with E-state index in [1.54, 1.807) is 0 Å². The second-order valence-electron chi connectivity index (χ2n) is 3.79. The molecule has 2 aromatic rings. The maximum absolute atomic E-state index is 13.2. The van der Waals surface area contributed by atoms with Gasteiger partial charge in [-0.1, -0.05) is 18.2 Å². The third-order valence-electron chi connectivity index (χ3n) is 2.42. The first-order chi connectivity index (χ1) is 8.65. The zero-order valence-corrected chi connectivity index (χ0v) is 9.47. The van der Waals surface area contributed by atoms with Gasteiger partial charge in [0.1, 0.15) is 5.82 Å². The molecule has 0 aliphatic carbocycles. The number of nitro benzene ring substituents is 1. The van der Waals surface area contributed by atoms with Crippen LogP contribution in [0.3, 0.4) is 0 Å². The van der Waals surface area contributed by atoms with E-state index in [2.05, 4.69) is 5.32 Å². The Labute approximate surface area is 103 Å². The van der Waals surface area contributed by atoms with E-state index in [9.17, 15) is 14.5 Å². The lowest BCUT2D eigenvalue weighted by molar-refractivity contribution is -0.385. The highest BCUT2D eigenvalue weighted by Gasteiger charge is 2.09. The Morgan fingerprint density at radius 3 is 2.56 bits per heavy atom. The summed E-state index contributed by atoms with van der Waals surface area (Å²) in [6.07, 6.45) is 0. The molecule has 0 unspecified atom stereocenters. The summed E-state index contributed by atoms with van der Waals surface area (Å²) in [5, 5.41) is 13.7. The van der Waals surface area contributed by atoms with Crippen LogP contribution in [0, 0.1) is 15.9 Å². The lowest BCUT2D eigenvalue weighted by Crippen LogP contribution is -2.00. The van der Waals surface area contributed by atoms with E-state index in [0.29, 0.717) is 12.1 Å². The lowest BCUT2D eigenvalue weighted by atomic mass is 10.2. The normalized spacial score (nSPS) is 10.1. The maximum atomic E-state index is 13.2. The largest absolute Gasteiger partial charge is 0.381 e. The highest BCUT2D eigenvalue weighted by Crippen LogP contribution is 2.17. The lowest BCUT2D eigenvalue weighted by Gasteiger charge is -2.06. The summed E-state index contributed by atoms with van der Waals surface area (Å²) in [4.78, 5) is 10.00. The van der Waals surface area contributed by atoms with Crippen LogP contribution in [0.4, 0.5) is 15.8 Å². The van der Waals surface area contributed by atoms with E-state index in [-0.39, 0.29) is 5.69 Å². The second-order valence-corrected chi connectivity index (χ2v) is 3.79. The molecule has 0 aliphatic heterocycles. The Morgan fingerprint density at radius 2 is 1.89 bits per heavy atom. The summed E-state index contributed by atoms with van der Waals surface area (Å²) in [5.74, 6) is -0.603. The Kier molecular flexibility index (Phi) is 3.52. The Balaban J connectivity index is 2.12. The molecule has 4 nitrogen and oxygen atoms in total. The molecule has 92 valence electrons. The predicted molar refractivity (Wildman–Crippen MR) is 66.8 cm³/mol. The third kappa shape index (κ3) is 3.04. The highest BCUT2D eigenvalue weighted by atomic mass is 19.1. The minimum Gasteiger partial charge on any atom is -0.381 e. The molecule has 0 radical (unpaired) electrons. The van der Waals surface area contributed by atoms with Gasteiger partial charge in [0.05, 0.1) is 11.0 Å². The number of hydrogen-bond donors (Lipinski definition) is 1. The summed E-state index contributed by atoms with van der Waals surface area (Å²) in [6, 6.07) is 12.9. The third-order valence-corrected chi connectivity index (χ3v) is 2.42. The number of nitrogens with one attached hydrogen (secondary N) is 1. The van der Waals surface area contributed by atoms with Gasteiger partial charge in [-0.3, -0.25) is 10.1 Å². The van der Waals surface area contributed by atoms with E-state index in [1.165, 1.54) is 12.1 Å². The van der Waals surface area contributed by atoms with Crippen LogP contribution in [0.5, 0.6) is 0 Å². The molecule has 0 saturated carbocycles. The van der Waals surface area contributed by atoms with Gasteiger partial charge < -0.3 is 5.32 Å². The quantitative estimate of drug-likeness (QED) is 0.664. The first-order valence-electron chi connectivity index (χ1n) is 5.38. The molecular weight excluding hydrogens is 235 g/mol. The summed E-state index contributed by atoms with van der Waals surface area (Å²) >= 11 is 0. The molecule has 2 rings (SSSR count). The van der Waals surface area contributed by atoms with Gasteiger partial charge in [0.25, 0.3) is 5.69 Å². The van der Waals surface area contributed by atoms with Crippen molar-refractivity contribution in [1.29, 1.82) is 0 Å². The SMILES string of the molecule is O=[N+]([O-])c1cc(F)cc(CNc2ccccc2)c1. The van der Waals surface area contributed by atoms with Gasteiger partial charge in [-0.2, -0.15) is 0 Å². The van der Waals surface area contributed by atoms with Crippen LogP contribution in [-0.4, -0.2) is 4.92 Å². The monoisotopic (exact) mass is 246 g/mol. The van der Waals surface area contributed by atoms with Crippen LogP contribution >= 0.6 is 0 Å². The van der Waals surface area contributed by atoms with E-state index in [1.807, 2.05) is 30.3 Å². The molecule has 0 bridgehead atoms. The molecule has 0 fully saturated rings. The maximum Gasteiger partial charge on any atom is 0.272 e. The Hall–Kier alpha value is -2.43. The minimum atomic E-state index is -0.603. The minimum absolute atomic E-state index is 0.236. The second kappa shape index (κ2) is 5.27. The molecule has 2 aromatic carbocycles. The smallest absolute Gasteiger partial charge is 0.272 e. The first kappa shape index (κ1) is 12.0. The fraction of sp³-hybridized carbons (Fsp3) is 0.0769. The molecule has 0 atom stereocenters. The summed E-state index contributed by atoms with van der Waals surface area (Å²) in [7, 11) is 0. The standard InChI is InChI=1S/C13H11FN2O2/c14-11-6-10(7-13(8-11)16(17)18)9-15-12-4-2-1-3-5-12/h1-8,15H,9H2. The van der Waals surface area contributed by atoms with Crippen LogP contribution in [0.15, 0.2) is 48.5 Å². The van der Waals surface area contributed by atoms with Crippen LogP contribution in [0.1, 0.15) is 5.56 Å². The number of nitrogens with zero attached hydrogens (tertiary/aromatic N) is 1. The van der Waals surface area contributed by atoms with Crippen molar-refractivity contribution in [3.8, 4) is 0 Å². The van der Waals surface area contributed by atoms with Crippen molar-refractivity contribution in [1.82, 2.24) is 0 Å². The van der Waals surface area contributed by atoms with Crippen LogP contribution in [-0.2, 0) is 6.54 Å². The molecule has 0 heterocycles. The van der Waals surface area contributed by atoms with E-state index in [0.717, 1.165) is 11.8 Å². The number of para-hydroxylation sites is 1. The van der Waals surface area contributed by atoms with Gasteiger partial charge in [0.2, 0.25) is 0 Å². The topological polar surface area (TPSA) is 55.2 Å². The van der Waals surface area contributed by atoms with Gasteiger partial charge >= 0.3 is 0 Å². The zero-order valence-electron chi connectivity index (χ0n) is 9.47. The number of rotatable bonds is 4. The van der Waals surface area contributed by atoms with E-state index in [4.69, 9.17) is 0 Å². The van der Waals surface area contributed by atoms with Gasteiger partial charge in [-0.15, -0.1) is 0 Å². The summed E-state index contributed by atoms with van der Waals surface area (Å²) < 4.78 is 13.2. The number of nitro groups is 1. The number of hydrogen-bond acceptors (Lipinski definition) is 3. The molecule has 0 spiro atoms.